The normalized spacial score (nSPS) is 45.6. The highest BCUT2D eigenvalue weighted by atomic mass is 15.0. The Balaban J connectivity index is 1.58. The molecule has 5 aliphatic rings. The fourth-order valence-electron chi connectivity index (χ4n) is 6.70. The molecular weight excluding hydrogens is 244 g/mol. The van der Waals surface area contributed by atoms with Gasteiger partial charge in [0.1, 0.15) is 5.82 Å². The smallest absolute Gasteiger partial charge is 0.112 e. The van der Waals surface area contributed by atoms with Crippen LogP contribution in [0, 0.1) is 17.3 Å². The van der Waals surface area contributed by atoms with Crippen LogP contribution in [0.1, 0.15) is 75.5 Å². The van der Waals surface area contributed by atoms with E-state index in [9.17, 15) is 0 Å². The number of hydrogen-bond donors (Lipinski definition) is 1. The van der Waals surface area contributed by atoms with E-state index < -0.39 is 0 Å². The van der Waals surface area contributed by atoms with E-state index >= 15 is 0 Å². The largest absolute Gasteiger partial charge is 0.345 e. The standard InChI is InChI=1S/C18H26N2/c1-17-7-12-6-13(8-17)10-18(9-12,11-17)16-19-14-4-2-3-5-15(14)20-16/h12-13H,2-11H2,1H3,(H,19,20). The molecule has 108 valence electrons. The van der Waals surface area contributed by atoms with Gasteiger partial charge in [-0.15, -0.1) is 0 Å². The molecule has 0 radical (unpaired) electrons. The lowest BCUT2D eigenvalue weighted by atomic mass is 9.44. The van der Waals surface area contributed by atoms with Gasteiger partial charge in [0.15, 0.2) is 0 Å². The molecule has 2 nitrogen and oxygen atoms in total. The molecule has 1 N–H and O–H groups in total. The number of nitrogens with zero attached hydrogens (tertiary/aromatic N) is 1. The number of rotatable bonds is 1. The second-order valence-electron chi connectivity index (χ2n) is 8.77. The van der Waals surface area contributed by atoms with Gasteiger partial charge in [0.05, 0.1) is 5.69 Å². The molecule has 6 rings (SSSR count). The highest BCUT2D eigenvalue weighted by molar-refractivity contribution is 5.26. The monoisotopic (exact) mass is 270 g/mol. The highest BCUT2D eigenvalue weighted by Gasteiger charge is 2.57. The van der Waals surface area contributed by atoms with Gasteiger partial charge in [-0.2, -0.15) is 0 Å². The van der Waals surface area contributed by atoms with E-state index in [4.69, 9.17) is 4.98 Å². The van der Waals surface area contributed by atoms with Crippen molar-refractivity contribution in [2.45, 2.75) is 76.5 Å². The van der Waals surface area contributed by atoms with Gasteiger partial charge in [-0.3, -0.25) is 0 Å². The Labute approximate surface area is 121 Å². The van der Waals surface area contributed by atoms with Gasteiger partial charge >= 0.3 is 0 Å². The van der Waals surface area contributed by atoms with E-state index in [-0.39, 0.29) is 0 Å². The zero-order valence-electron chi connectivity index (χ0n) is 12.7. The average Bonchev–Trinajstić information content (AvgIpc) is 2.80. The van der Waals surface area contributed by atoms with E-state index in [0.29, 0.717) is 10.8 Å². The molecular formula is C18H26N2. The second-order valence-corrected chi connectivity index (χ2v) is 8.77. The molecule has 5 aliphatic carbocycles. The second kappa shape index (κ2) is 3.69. The molecule has 1 aromatic rings. The summed E-state index contributed by atoms with van der Waals surface area (Å²) in [6.45, 7) is 2.56. The third kappa shape index (κ3) is 1.54. The van der Waals surface area contributed by atoms with Crippen LogP contribution < -0.4 is 0 Å². The SMILES string of the molecule is CC12CC3CC(C1)CC(c1nc4c([nH]1)CCCC4)(C3)C2. The topological polar surface area (TPSA) is 28.7 Å². The zero-order chi connectivity index (χ0) is 13.4. The summed E-state index contributed by atoms with van der Waals surface area (Å²) in [7, 11) is 0. The van der Waals surface area contributed by atoms with Gasteiger partial charge in [0, 0.05) is 11.1 Å². The molecule has 4 saturated carbocycles. The summed E-state index contributed by atoms with van der Waals surface area (Å²) in [4.78, 5) is 8.91. The first-order valence-corrected chi connectivity index (χ1v) is 8.73. The molecule has 2 unspecified atom stereocenters. The van der Waals surface area contributed by atoms with Crippen LogP contribution in [-0.2, 0) is 18.3 Å². The molecule has 4 bridgehead atoms. The third-order valence-electron chi connectivity index (χ3n) is 6.81. The maximum atomic E-state index is 5.12. The summed E-state index contributed by atoms with van der Waals surface area (Å²) in [6, 6.07) is 0. The predicted molar refractivity (Wildman–Crippen MR) is 79.7 cm³/mol. The Morgan fingerprint density at radius 2 is 1.80 bits per heavy atom. The number of hydrogen-bond acceptors (Lipinski definition) is 1. The lowest BCUT2D eigenvalue weighted by Crippen LogP contribution is -2.53. The maximum absolute atomic E-state index is 5.12. The first-order chi connectivity index (χ1) is 9.64. The molecule has 1 heterocycles. The molecule has 0 spiro atoms. The summed E-state index contributed by atoms with van der Waals surface area (Å²) in [6.07, 6.45) is 13.9. The number of nitrogens with one attached hydrogen (secondary N) is 1. The van der Waals surface area contributed by atoms with Crippen molar-refractivity contribution in [1.82, 2.24) is 9.97 Å². The van der Waals surface area contributed by atoms with Crippen LogP contribution in [0.25, 0.3) is 0 Å². The van der Waals surface area contributed by atoms with E-state index in [1.807, 2.05) is 0 Å². The van der Waals surface area contributed by atoms with Gasteiger partial charge in [0.25, 0.3) is 0 Å². The summed E-state index contributed by atoms with van der Waals surface area (Å²) < 4.78 is 0. The van der Waals surface area contributed by atoms with Gasteiger partial charge in [-0.1, -0.05) is 6.92 Å². The first-order valence-electron chi connectivity index (χ1n) is 8.73. The van der Waals surface area contributed by atoms with Gasteiger partial charge < -0.3 is 4.98 Å². The van der Waals surface area contributed by atoms with Crippen molar-refractivity contribution in [3.63, 3.8) is 0 Å². The Hall–Kier alpha value is -0.790. The number of aryl methyl sites for hydroxylation is 2. The van der Waals surface area contributed by atoms with Gasteiger partial charge in [0.2, 0.25) is 0 Å². The minimum atomic E-state index is 0.427. The van der Waals surface area contributed by atoms with Crippen molar-refractivity contribution in [1.29, 1.82) is 0 Å². The Morgan fingerprint density at radius 1 is 1.05 bits per heavy atom. The van der Waals surface area contributed by atoms with Crippen LogP contribution in [0.2, 0.25) is 0 Å². The van der Waals surface area contributed by atoms with Crippen LogP contribution in [0.5, 0.6) is 0 Å². The van der Waals surface area contributed by atoms with E-state index in [0.717, 1.165) is 11.8 Å². The Morgan fingerprint density at radius 3 is 2.50 bits per heavy atom. The molecule has 1 aromatic heterocycles. The molecule has 20 heavy (non-hydrogen) atoms. The Kier molecular flexibility index (Phi) is 2.18. The predicted octanol–water partition coefficient (Wildman–Crippen LogP) is 4.15. The van der Waals surface area contributed by atoms with Crippen molar-refractivity contribution >= 4 is 0 Å². The summed E-state index contributed by atoms with van der Waals surface area (Å²) in [5.41, 5.74) is 3.94. The molecule has 2 atom stereocenters. The van der Waals surface area contributed by atoms with Crippen LogP contribution >= 0.6 is 0 Å². The maximum Gasteiger partial charge on any atom is 0.112 e. The van der Waals surface area contributed by atoms with Crippen molar-refractivity contribution < 1.29 is 0 Å². The van der Waals surface area contributed by atoms with E-state index in [1.165, 1.54) is 81.4 Å². The van der Waals surface area contributed by atoms with Crippen LogP contribution in [-0.4, -0.2) is 9.97 Å². The van der Waals surface area contributed by atoms with Crippen molar-refractivity contribution in [2.75, 3.05) is 0 Å². The molecule has 2 heteroatoms. The lowest BCUT2D eigenvalue weighted by Gasteiger charge is -2.60. The Bertz CT molecular complexity index is 518. The number of fused-ring (bicyclic) bond motifs is 1. The number of aromatic amines is 1. The van der Waals surface area contributed by atoms with Crippen LogP contribution in [0.15, 0.2) is 0 Å². The third-order valence-corrected chi connectivity index (χ3v) is 6.81. The van der Waals surface area contributed by atoms with Crippen molar-refractivity contribution in [2.24, 2.45) is 17.3 Å². The molecule has 0 aromatic carbocycles. The van der Waals surface area contributed by atoms with Gasteiger partial charge in [-0.05, 0) is 81.5 Å². The molecule has 0 aliphatic heterocycles. The molecule has 4 fully saturated rings. The summed E-state index contributed by atoms with van der Waals surface area (Å²) in [5, 5.41) is 0. The summed E-state index contributed by atoms with van der Waals surface area (Å²) in [5.74, 6) is 3.37. The van der Waals surface area contributed by atoms with Crippen LogP contribution in [0.3, 0.4) is 0 Å². The fraction of sp³-hybridized carbons (Fsp3) is 0.833. The van der Waals surface area contributed by atoms with Crippen LogP contribution in [0.4, 0.5) is 0 Å². The number of H-pyrrole nitrogens is 1. The quantitative estimate of drug-likeness (QED) is 0.816. The van der Waals surface area contributed by atoms with E-state index in [1.54, 1.807) is 0 Å². The van der Waals surface area contributed by atoms with Gasteiger partial charge in [-0.25, -0.2) is 4.98 Å². The summed E-state index contributed by atoms with van der Waals surface area (Å²) >= 11 is 0. The number of aromatic nitrogens is 2. The molecule has 0 saturated heterocycles. The average molecular weight is 270 g/mol. The minimum Gasteiger partial charge on any atom is -0.345 e. The molecule has 0 amide bonds. The lowest BCUT2D eigenvalue weighted by molar-refractivity contribution is -0.0646. The first kappa shape index (κ1) is 11.8. The fourth-order valence-corrected chi connectivity index (χ4v) is 6.70. The number of imidazole rings is 1. The van der Waals surface area contributed by atoms with Crippen molar-refractivity contribution in [3.05, 3.63) is 17.2 Å². The van der Waals surface area contributed by atoms with E-state index in [2.05, 4.69) is 11.9 Å². The minimum absolute atomic E-state index is 0.427. The highest BCUT2D eigenvalue weighted by Crippen LogP contribution is 2.65. The zero-order valence-corrected chi connectivity index (χ0v) is 12.7. The van der Waals surface area contributed by atoms with Crippen molar-refractivity contribution in [3.8, 4) is 0 Å².